The summed E-state index contributed by atoms with van der Waals surface area (Å²) >= 11 is 0. The van der Waals surface area contributed by atoms with Crippen LogP contribution >= 0.6 is 0 Å². The van der Waals surface area contributed by atoms with Gasteiger partial charge in [-0.1, -0.05) is 0 Å². The molecule has 0 heterocycles. The number of aliphatic hydroxyl groups is 1. The summed E-state index contributed by atoms with van der Waals surface area (Å²) in [6.07, 6.45) is 0. The molecule has 12 heteroatoms. The molecule has 3 N–H and O–H groups in total. The first-order valence-corrected chi connectivity index (χ1v) is 4.46. The Morgan fingerprint density at radius 1 is 0.850 bits per heavy atom. The van der Waals surface area contributed by atoms with E-state index in [1.807, 2.05) is 0 Å². The molecule has 0 aliphatic rings. The monoisotopic (exact) mass is 318 g/mol. The molecule has 0 aliphatic heterocycles. The molecule has 0 aromatic heterocycles. The van der Waals surface area contributed by atoms with Gasteiger partial charge in [-0.2, -0.15) is 0 Å². The molecule has 0 amide bonds. The molecular weight excluding hydrogens is 305 g/mol. The first-order chi connectivity index (χ1) is 7.83. The number of aliphatic hydroxyl groups excluding tert-OH is 1. The Hall–Kier alpha value is 1.29. The summed E-state index contributed by atoms with van der Waals surface area (Å²) in [5.74, 6) is -4.70. The third-order valence-corrected chi connectivity index (χ3v) is 1.19. The Bertz CT molecular complexity index is 228. The fourth-order valence-electron chi connectivity index (χ4n) is 0.715. The minimum absolute atomic E-state index is 0. The van der Waals surface area contributed by atoms with Crippen molar-refractivity contribution in [3.8, 4) is 0 Å². The average molecular weight is 318 g/mol. The van der Waals surface area contributed by atoms with Crippen LogP contribution in [0.5, 0.6) is 0 Å². The van der Waals surface area contributed by atoms with E-state index < -0.39 is 37.5 Å². The predicted octanol–water partition coefficient (Wildman–Crippen LogP) is -15.5. The van der Waals surface area contributed by atoms with Crippen LogP contribution in [0.4, 0.5) is 0 Å². The summed E-state index contributed by atoms with van der Waals surface area (Å²) in [4.78, 5) is 30.6. The van der Waals surface area contributed by atoms with Crippen LogP contribution in [0.3, 0.4) is 0 Å². The van der Waals surface area contributed by atoms with Gasteiger partial charge in [-0.15, -0.1) is 0 Å². The molecule has 0 rings (SSSR count). The molecule has 0 aromatic carbocycles. The third-order valence-electron chi connectivity index (χ3n) is 1.19. The van der Waals surface area contributed by atoms with E-state index in [4.69, 9.17) is 10.8 Å². The molecule has 9 nitrogen and oxygen atoms in total. The Morgan fingerprint density at radius 3 is 1.15 bits per heavy atom. The third kappa shape index (κ3) is 31.6. The molecule has 0 saturated heterocycles. The SMILES string of the molecule is NCCO.O=C([O-])CN(CC(=O)[O-])CC(=O)[O-].[Na+].[Na+].[Na+]. The van der Waals surface area contributed by atoms with Crippen LogP contribution in [0, 0.1) is 0 Å². The van der Waals surface area contributed by atoms with E-state index in [1.54, 1.807) is 0 Å². The number of nitrogens with zero attached hydrogens (tertiary/aromatic N) is 1. The van der Waals surface area contributed by atoms with Crippen LogP contribution in [0.2, 0.25) is 0 Å². The van der Waals surface area contributed by atoms with Gasteiger partial charge in [0.25, 0.3) is 0 Å². The molecule has 100 valence electrons. The zero-order valence-corrected chi connectivity index (χ0v) is 18.0. The fraction of sp³-hybridized carbons (Fsp3) is 0.625. The predicted molar refractivity (Wildman–Crippen MR) is 47.6 cm³/mol. The fourth-order valence-corrected chi connectivity index (χ4v) is 0.715. The standard InChI is InChI=1S/C6H9NO6.C2H7NO.3Na/c8-4(9)1-7(2-5(10)11)3-6(12)13;3-1-2-4;;;/h1-3H2,(H,8,9)(H,10,11)(H,12,13);4H,1-3H2;;;/q;;3*+1/p-3. The summed E-state index contributed by atoms with van der Waals surface area (Å²) in [5.41, 5.74) is 4.78. The van der Waals surface area contributed by atoms with Gasteiger partial charge in [0.05, 0.1) is 24.5 Å². The van der Waals surface area contributed by atoms with Gasteiger partial charge in [0.15, 0.2) is 0 Å². The molecule has 0 radical (unpaired) electrons. The molecule has 0 spiro atoms. The molecule has 0 aliphatic carbocycles. The molecular formula is C8H13N2Na3O7. The molecule has 0 unspecified atom stereocenters. The maximum absolute atomic E-state index is 9.99. The number of rotatable bonds is 7. The van der Waals surface area contributed by atoms with E-state index in [-0.39, 0.29) is 95.3 Å². The summed E-state index contributed by atoms with van der Waals surface area (Å²) < 4.78 is 0. The van der Waals surface area contributed by atoms with Gasteiger partial charge >= 0.3 is 88.7 Å². The summed E-state index contributed by atoms with van der Waals surface area (Å²) in [5, 5.41) is 37.7. The van der Waals surface area contributed by atoms with Gasteiger partial charge in [0.2, 0.25) is 0 Å². The van der Waals surface area contributed by atoms with Crippen LogP contribution in [-0.2, 0) is 14.4 Å². The van der Waals surface area contributed by atoms with Crippen LogP contribution in [0.15, 0.2) is 0 Å². The summed E-state index contributed by atoms with van der Waals surface area (Å²) in [6.45, 7) is -1.90. The van der Waals surface area contributed by atoms with Crippen molar-refractivity contribution < 1.29 is 123 Å². The van der Waals surface area contributed by atoms with Crippen molar-refractivity contribution in [3.63, 3.8) is 0 Å². The summed E-state index contributed by atoms with van der Waals surface area (Å²) in [6, 6.07) is 0. The van der Waals surface area contributed by atoms with Crippen molar-refractivity contribution >= 4 is 17.9 Å². The Morgan fingerprint density at radius 2 is 1.05 bits per heavy atom. The number of carboxylic acid groups (broad SMARTS) is 3. The number of hydrogen-bond acceptors (Lipinski definition) is 9. The Labute approximate surface area is 182 Å². The molecule has 20 heavy (non-hydrogen) atoms. The van der Waals surface area contributed by atoms with Crippen molar-refractivity contribution in [1.82, 2.24) is 4.90 Å². The second kappa shape index (κ2) is 22.6. The van der Waals surface area contributed by atoms with Gasteiger partial charge in [-0.05, 0) is 0 Å². The smallest absolute Gasteiger partial charge is 0.549 e. The normalized spacial score (nSPS) is 7.95. The van der Waals surface area contributed by atoms with Crippen molar-refractivity contribution in [2.45, 2.75) is 0 Å². The van der Waals surface area contributed by atoms with Crippen molar-refractivity contribution in [1.29, 1.82) is 0 Å². The van der Waals surface area contributed by atoms with E-state index in [0.29, 0.717) is 11.4 Å². The average Bonchev–Trinajstić information content (AvgIpc) is 2.14. The van der Waals surface area contributed by atoms with E-state index in [0.717, 1.165) is 0 Å². The summed E-state index contributed by atoms with van der Waals surface area (Å²) in [7, 11) is 0. The number of aliphatic carboxylic acids is 3. The maximum Gasteiger partial charge on any atom is 1.00 e. The molecule has 0 atom stereocenters. The molecule has 0 aromatic rings. The van der Waals surface area contributed by atoms with Gasteiger partial charge in [0.1, 0.15) is 0 Å². The second-order valence-electron chi connectivity index (χ2n) is 2.77. The van der Waals surface area contributed by atoms with Gasteiger partial charge in [-0.3, -0.25) is 4.90 Å². The first-order valence-electron chi connectivity index (χ1n) is 4.46. The second-order valence-corrected chi connectivity index (χ2v) is 2.77. The van der Waals surface area contributed by atoms with E-state index in [2.05, 4.69) is 0 Å². The topological polar surface area (TPSA) is 170 Å². The van der Waals surface area contributed by atoms with Crippen molar-refractivity contribution in [2.24, 2.45) is 5.73 Å². The van der Waals surface area contributed by atoms with Crippen LogP contribution in [-0.4, -0.2) is 60.7 Å². The van der Waals surface area contributed by atoms with Crippen LogP contribution in [0.25, 0.3) is 0 Å². The number of carbonyl (C=O) groups is 3. The Kier molecular flexibility index (Phi) is 37.3. The quantitative estimate of drug-likeness (QED) is 0.432. The van der Waals surface area contributed by atoms with Crippen molar-refractivity contribution in [2.75, 3.05) is 32.8 Å². The number of nitrogens with two attached hydrogens (primary N) is 1. The van der Waals surface area contributed by atoms with Gasteiger partial charge in [0, 0.05) is 26.2 Å². The zero-order valence-electron chi connectivity index (χ0n) is 12.0. The molecule has 0 saturated carbocycles. The van der Waals surface area contributed by atoms with Crippen molar-refractivity contribution in [3.05, 3.63) is 0 Å². The molecule has 0 bridgehead atoms. The van der Waals surface area contributed by atoms with E-state index in [9.17, 15) is 29.7 Å². The minimum Gasteiger partial charge on any atom is -0.549 e. The largest absolute Gasteiger partial charge is 1.00 e. The van der Waals surface area contributed by atoms with Crippen LogP contribution < -0.4 is 110 Å². The number of carbonyl (C=O) groups excluding carboxylic acids is 3. The molecule has 0 fully saturated rings. The van der Waals surface area contributed by atoms with Crippen LogP contribution in [0.1, 0.15) is 0 Å². The van der Waals surface area contributed by atoms with E-state index in [1.165, 1.54) is 0 Å². The minimum atomic E-state index is -1.57. The zero-order chi connectivity index (χ0) is 13.8. The van der Waals surface area contributed by atoms with Gasteiger partial charge < -0.3 is 40.5 Å². The number of hydrogen-bond donors (Lipinski definition) is 2. The number of carboxylic acids is 3. The maximum atomic E-state index is 9.99. The first kappa shape index (κ1) is 33.0. The van der Waals surface area contributed by atoms with E-state index >= 15 is 0 Å². The Balaban J connectivity index is -0.0000000951. The van der Waals surface area contributed by atoms with Gasteiger partial charge in [-0.25, -0.2) is 0 Å².